The summed E-state index contributed by atoms with van der Waals surface area (Å²) in [7, 11) is -20.9. The van der Waals surface area contributed by atoms with Crippen molar-refractivity contribution in [3.05, 3.63) is 0 Å². The highest BCUT2D eigenvalue weighted by atomic mass is 32.2. The zero-order valence-corrected chi connectivity index (χ0v) is 24.9. The quantitative estimate of drug-likeness (QED) is 0.114. The van der Waals surface area contributed by atoms with Crippen LogP contribution >= 0.6 is 0 Å². The second kappa shape index (κ2) is 14.3. The van der Waals surface area contributed by atoms with E-state index in [-0.39, 0.29) is 0 Å². The number of rotatable bonds is 10. The SMILES string of the molecule is O=S(=O)(O)C(F)(F)C(F)(F)C(F)(F)C(F)(F)C(F)(F)C(F)(F)C(F)(F)C(F)(F)F.O=S(=O)(O)C(F)(F)C(F)(F)C(F)(F)C(F)(F)F.O=S(=O)(O)C(F)(F)F. The molecule has 0 radical (unpaired) electrons. The average molecular weight is 950 g/mol. The third-order valence-electron chi connectivity index (χ3n) is 4.75. The highest BCUT2D eigenvalue weighted by Crippen LogP contribution is 2.64. The van der Waals surface area contributed by atoms with Crippen molar-refractivity contribution in [2.24, 2.45) is 0 Å². The fraction of sp³-hybridized carbons (Fsp3) is 1.00. The Morgan fingerprint density at radius 3 is 0.519 bits per heavy atom. The summed E-state index contributed by atoms with van der Waals surface area (Å²) in [4.78, 5) is 0. The predicted molar refractivity (Wildman–Crippen MR) is 102 cm³/mol. The third kappa shape index (κ3) is 8.96. The van der Waals surface area contributed by atoms with Crippen molar-refractivity contribution in [3.63, 3.8) is 0 Å². The monoisotopic (exact) mass is 950 g/mol. The van der Waals surface area contributed by atoms with Crippen LogP contribution in [0.5, 0.6) is 0 Å². The predicted octanol–water partition coefficient (Wildman–Crippen LogP) is 7.54. The van der Waals surface area contributed by atoms with Crippen LogP contribution in [-0.2, 0) is 30.4 Å². The Kier molecular flexibility index (Phi) is 14.8. The van der Waals surface area contributed by atoms with Crippen molar-refractivity contribution in [1.29, 1.82) is 0 Å². The van der Waals surface area contributed by atoms with Crippen LogP contribution in [0.15, 0.2) is 0 Å². The largest absolute Gasteiger partial charge is 0.522 e. The molecule has 0 heterocycles. The van der Waals surface area contributed by atoms with Gasteiger partial charge in [-0.25, -0.2) is 0 Å². The Balaban J connectivity index is -0.000000869. The Labute approximate surface area is 273 Å². The average Bonchev–Trinajstić information content (AvgIpc) is 2.84. The molecule has 0 aromatic rings. The Morgan fingerprint density at radius 2 is 0.370 bits per heavy atom. The summed E-state index contributed by atoms with van der Waals surface area (Å²) in [5.74, 6) is -66.7. The standard InChI is InChI=1S/C8HF17O3S.C4HF9O3S.CHF3O3S/c9-1(10,3(13,14)5(17,18)7(21,22)23)2(11,12)4(15,16)6(19,20)8(24,25)29(26,27)28;5-1(6,3(9,10)11)2(7,8)4(12,13)17(14,15)16;2-1(3,4)8(5,6)7/h(H,26,27,28);(H,14,15,16);(H,5,6,7). The van der Waals surface area contributed by atoms with E-state index >= 15 is 0 Å². The van der Waals surface area contributed by atoms with E-state index in [0.29, 0.717) is 0 Å². The van der Waals surface area contributed by atoms with Crippen LogP contribution in [0.25, 0.3) is 0 Å². The molecule has 0 saturated heterocycles. The van der Waals surface area contributed by atoms with Crippen LogP contribution in [0.1, 0.15) is 0 Å². The van der Waals surface area contributed by atoms with E-state index in [9.17, 15) is 144 Å². The summed E-state index contributed by atoms with van der Waals surface area (Å²) < 4.78 is 434. The Morgan fingerprint density at radius 1 is 0.241 bits per heavy atom. The molecule has 0 aromatic carbocycles. The van der Waals surface area contributed by atoms with E-state index < -0.39 is 106 Å². The highest BCUT2D eigenvalue weighted by molar-refractivity contribution is 7.87. The third-order valence-corrected chi connectivity index (χ3v) is 7.14. The van der Waals surface area contributed by atoms with Gasteiger partial charge in [0.05, 0.1) is 0 Å². The van der Waals surface area contributed by atoms with Crippen molar-refractivity contribution in [2.45, 2.75) is 75.8 Å². The maximum atomic E-state index is 13.0. The minimum absolute atomic E-state index is 5.53. The van der Waals surface area contributed by atoms with Gasteiger partial charge >= 0.3 is 106 Å². The second-order valence-corrected chi connectivity index (χ2v) is 12.8. The molecule has 0 saturated carbocycles. The molecule has 0 unspecified atom stereocenters. The highest BCUT2D eigenvalue weighted by Gasteiger charge is 2.96. The number of alkyl halides is 29. The van der Waals surface area contributed by atoms with Gasteiger partial charge in [0, 0.05) is 0 Å². The molecular formula is C13H3F29O9S3. The molecule has 0 amide bonds. The van der Waals surface area contributed by atoms with Crippen LogP contribution in [0.2, 0.25) is 0 Å². The van der Waals surface area contributed by atoms with E-state index in [4.69, 9.17) is 22.1 Å². The summed E-state index contributed by atoms with van der Waals surface area (Å²) in [6.07, 6.45) is -15.0. The second-order valence-electron chi connectivity index (χ2n) is 8.50. The van der Waals surface area contributed by atoms with E-state index in [0.717, 1.165) is 0 Å². The lowest BCUT2D eigenvalue weighted by Gasteiger charge is -2.42. The first kappa shape index (κ1) is 56.0. The van der Waals surface area contributed by atoms with Gasteiger partial charge in [0.15, 0.2) is 0 Å². The molecule has 41 heteroatoms. The molecule has 9 nitrogen and oxygen atoms in total. The molecule has 0 bridgehead atoms. The van der Waals surface area contributed by atoms with Gasteiger partial charge in [0.2, 0.25) is 0 Å². The normalized spacial score (nSPS) is 16.2. The first-order chi connectivity index (χ1) is 22.2. The van der Waals surface area contributed by atoms with E-state index in [1.165, 1.54) is 0 Å². The van der Waals surface area contributed by atoms with Crippen LogP contribution in [0, 0.1) is 0 Å². The summed E-state index contributed by atoms with van der Waals surface area (Å²) >= 11 is 0. The number of hydrogen-bond acceptors (Lipinski definition) is 6. The molecule has 0 aliphatic rings. The van der Waals surface area contributed by atoms with Gasteiger partial charge in [-0.2, -0.15) is 153 Å². The Hall–Kier alpha value is -2.30. The smallest absolute Gasteiger partial charge is 0.281 e. The molecular weight excluding hydrogens is 947 g/mol. The summed E-state index contributed by atoms with van der Waals surface area (Å²) in [6.45, 7) is 0. The molecule has 0 atom stereocenters. The maximum absolute atomic E-state index is 13.0. The van der Waals surface area contributed by atoms with Gasteiger partial charge in [-0.3, -0.25) is 13.7 Å². The molecule has 3 N–H and O–H groups in total. The molecule has 0 spiro atoms. The summed E-state index contributed by atoms with van der Waals surface area (Å²) in [6, 6.07) is 0. The van der Waals surface area contributed by atoms with Crippen LogP contribution in [0.3, 0.4) is 0 Å². The van der Waals surface area contributed by atoms with Gasteiger partial charge in [-0.1, -0.05) is 0 Å². The van der Waals surface area contributed by atoms with E-state index in [1.807, 2.05) is 0 Å². The lowest BCUT2D eigenvalue weighted by molar-refractivity contribution is -0.458. The molecule has 330 valence electrons. The van der Waals surface area contributed by atoms with Gasteiger partial charge < -0.3 is 0 Å². The summed E-state index contributed by atoms with van der Waals surface area (Å²) in [5.41, 5.74) is -5.53. The van der Waals surface area contributed by atoms with Crippen molar-refractivity contribution in [3.8, 4) is 0 Å². The van der Waals surface area contributed by atoms with Crippen LogP contribution < -0.4 is 0 Å². The molecule has 54 heavy (non-hydrogen) atoms. The molecule has 0 aliphatic carbocycles. The minimum atomic E-state index is -8.89. The van der Waals surface area contributed by atoms with Crippen LogP contribution in [-0.4, -0.2) is 115 Å². The fourth-order valence-electron chi connectivity index (χ4n) is 1.83. The Bertz CT molecular complexity index is 1650. The van der Waals surface area contributed by atoms with Crippen molar-refractivity contribution in [1.82, 2.24) is 0 Å². The first-order valence-corrected chi connectivity index (χ1v) is 14.5. The zero-order valence-electron chi connectivity index (χ0n) is 22.5. The molecule has 0 aromatic heterocycles. The summed E-state index contributed by atoms with van der Waals surface area (Å²) in [5, 5.41) is -14.8. The van der Waals surface area contributed by atoms with Gasteiger partial charge in [0.1, 0.15) is 0 Å². The number of halogens is 29. The number of hydrogen-bond donors (Lipinski definition) is 3. The lowest BCUT2D eigenvalue weighted by Crippen LogP contribution is -2.74. The maximum Gasteiger partial charge on any atom is 0.522 e. The van der Waals surface area contributed by atoms with Crippen LogP contribution in [0.4, 0.5) is 127 Å². The van der Waals surface area contributed by atoms with Gasteiger partial charge in [-0.15, -0.1) is 0 Å². The van der Waals surface area contributed by atoms with Gasteiger partial charge in [-0.05, 0) is 0 Å². The van der Waals surface area contributed by atoms with E-state index in [2.05, 4.69) is 0 Å². The topological polar surface area (TPSA) is 163 Å². The fourth-order valence-corrected chi connectivity index (χ4v) is 2.74. The minimum Gasteiger partial charge on any atom is -0.281 e. The molecule has 0 aliphatic heterocycles. The van der Waals surface area contributed by atoms with E-state index in [1.54, 1.807) is 0 Å². The lowest BCUT2D eigenvalue weighted by atomic mass is 9.91. The van der Waals surface area contributed by atoms with Crippen molar-refractivity contribution < 1.29 is 166 Å². The molecule has 0 fully saturated rings. The molecule has 0 rings (SSSR count). The van der Waals surface area contributed by atoms with Gasteiger partial charge in [0.25, 0.3) is 0 Å². The zero-order chi connectivity index (χ0) is 46.0. The van der Waals surface area contributed by atoms with Crippen molar-refractivity contribution in [2.75, 3.05) is 0 Å². The first-order valence-electron chi connectivity index (χ1n) is 10.1. The van der Waals surface area contributed by atoms with Crippen molar-refractivity contribution >= 4 is 30.4 Å².